The van der Waals surface area contributed by atoms with E-state index in [1.165, 1.54) is 54.9 Å². The number of nitrogens with zero attached hydrogens (tertiary/aromatic N) is 1. The standard InChI is InChI=1S/C53H37NO/c1-53(2)46-23-9-7-20-43(46)44-28-27-40(33-47(44)53)54(39-18-11-17-37(32-39)42-22-12-16-35-14-5-6-19-41(35)42)48-29-30-50-52(45-21-8-10-24-49(45)55-50)51(48)38-26-25-34-13-3-4-15-36(34)31-38/h3-33H,1-2H3. The zero-order chi connectivity index (χ0) is 36.7. The third-order valence-corrected chi connectivity index (χ3v) is 11.8. The van der Waals surface area contributed by atoms with Crippen molar-refractivity contribution in [1.29, 1.82) is 0 Å². The highest BCUT2D eigenvalue weighted by Crippen LogP contribution is 2.53. The SMILES string of the molecule is CC1(C)c2ccccc2-c2ccc(N(c3cccc(-c4cccc5ccccc45)c3)c3ccc4oc5ccccc5c4c3-c3ccc4ccccc4c3)cc21. The maximum absolute atomic E-state index is 6.57. The topological polar surface area (TPSA) is 16.4 Å². The summed E-state index contributed by atoms with van der Waals surface area (Å²) in [6.45, 7) is 4.72. The number of hydrogen-bond acceptors (Lipinski definition) is 2. The van der Waals surface area contributed by atoms with Gasteiger partial charge in [-0.05, 0) is 109 Å². The Morgan fingerprint density at radius 2 is 1.11 bits per heavy atom. The van der Waals surface area contributed by atoms with Crippen molar-refractivity contribution in [3.63, 3.8) is 0 Å². The molecule has 260 valence electrons. The van der Waals surface area contributed by atoms with Crippen molar-refractivity contribution in [1.82, 2.24) is 0 Å². The Bertz CT molecular complexity index is 3140. The largest absolute Gasteiger partial charge is 0.456 e. The molecule has 1 heterocycles. The predicted molar refractivity (Wildman–Crippen MR) is 232 cm³/mol. The first-order valence-electron chi connectivity index (χ1n) is 19.1. The Balaban J connectivity index is 1.22. The highest BCUT2D eigenvalue weighted by Gasteiger charge is 2.36. The average Bonchev–Trinajstić information content (AvgIpc) is 3.72. The fourth-order valence-electron chi connectivity index (χ4n) is 9.18. The third-order valence-electron chi connectivity index (χ3n) is 11.8. The summed E-state index contributed by atoms with van der Waals surface area (Å²) >= 11 is 0. The van der Waals surface area contributed by atoms with Gasteiger partial charge < -0.3 is 9.32 Å². The molecule has 2 heteroatoms. The molecule has 2 nitrogen and oxygen atoms in total. The quantitative estimate of drug-likeness (QED) is 0.177. The van der Waals surface area contributed by atoms with Crippen LogP contribution in [0.1, 0.15) is 25.0 Å². The number of para-hydroxylation sites is 1. The van der Waals surface area contributed by atoms with Crippen molar-refractivity contribution >= 4 is 60.5 Å². The molecule has 11 rings (SSSR count). The molecule has 0 atom stereocenters. The molecule has 0 saturated carbocycles. The number of hydrogen-bond donors (Lipinski definition) is 0. The van der Waals surface area contributed by atoms with Gasteiger partial charge in [-0.2, -0.15) is 0 Å². The molecule has 0 bridgehead atoms. The molecule has 0 spiro atoms. The second-order valence-corrected chi connectivity index (χ2v) is 15.3. The van der Waals surface area contributed by atoms with Crippen LogP contribution in [0.3, 0.4) is 0 Å². The minimum Gasteiger partial charge on any atom is -0.456 e. The van der Waals surface area contributed by atoms with Crippen LogP contribution in [0.15, 0.2) is 192 Å². The summed E-state index contributed by atoms with van der Waals surface area (Å²) in [6.07, 6.45) is 0. The van der Waals surface area contributed by atoms with Crippen LogP contribution >= 0.6 is 0 Å². The first kappa shape index (κ1) is 31.6. The highest BCUT2D eigenvalue weighted by molar-refractivity contribution is 6.17. The average molecular weight is 704 g/mol. The van der Waals surface area contributed by atoms with E-state index in [2.05, 4.69) is 207 Å². The summed E-state index contributed by atoms with van der Waals surface area (Å²) in [4.78, 5) is 2.47. The molecule has 0 saturated heterocycles. The molecule has 1 aliphatic carbocycles. The molecule has 0 fully saturated rings. The van der Waals surface area contributed by atoms with Crippen LogP contribution in [-0.4, -0.2) is 0 Å². The van der Waals surface area contributed by atoms with E-state index in [1.54, 1.807) is 0 Å². The lowest BCUT2D eigenvalue weighted by atomic mass is 9.82. The van der Waals surface area contributed by atoms with Gasteiger partial charge in [0.25, 0.3) is 0 Å². The van der Waals surface area contributed by atoms with Crippen LogP contribution in [0, 0.1) is 0 Å². The van der Waals surface area contributed by atoms with Crippen molar-refractivity contribution in [2.75, 3.05) is 4.90 Å². The molecule has 1 aliphatic rings. The Hall–Kier alpha value is -6.90. The molecule has 1 aromatic heterocycles. The Labute approximate surface area is 320 Å². The monoisotopic (exact) mass is 703 g/mol. The summed E-state index contributed by atoms with van der Waals surface area (Å²) < 4.78 is 6.57. The molecule has 9 aromatic carbocycles. The molecule has 0 radical (unpaired) electrons. The highest BCUT2D eigenvalue weighted by atomic mass is 16.3. The van der Waals surface area contributed by atoms with Gasteiger partial charge in [-0.25, -0.2) is 0 Å². The maximum atomic E-state index is 6.57. The molecule has 10 aromatic rings. The van der Waals surface area contributed by atoms with E-state index in [9.17, 15) is 0 Å². The fourth-order valence-corrected chi connectivity index (χ4v) is 9.18. The summed E-state index contributed by atoms with van der Waals surface area (Å²) in [5.74, 6) is 0. The third kappa shape index (κ3) is 4.88. The van der Waals surface area contributed by atoms with E-state index in [0.717, 1.165) is 50.1 Å². The van der Waals surface area contributed by atoms with Gasteiger partial charge in [-0.3, -0.25) is 0 Å². The predicted octanol–water partition coefficient (Wildman–Crippen LogP) is 15.0. The van der Waals surface area contributed by atoms with Crippen molar-refractivity contribution in [2.24, 2.45) is 0 Å². The summed E-state index contributed by atoms with van der Waals surface area (Å²) in [5, 5.41) is 7.13. The van der Waals surface area contributed by atoms with Gasteiger partial charge in [-0.15, -0.1) is 0 Å². The van der Waals surface area contributed by atoms with Gasteiger partial charge in [0, 0.05) is 33.1 Å². The number of furan rings is 1. The Kier molecular flexibility index (Phi) is 6.93. The lowest BCUT2D eigenvalue weighted by Crippen LogP contribution is -2.17. The van der Waals surface area contributed by atoms with E-state index in [0.29, 0.717) is 0 Å². The Morgan fingerprint density at radius 1 is 0.418 bits per heavy atom. The van der Waals surface area contributed by atoms with E-state index in [4.69, 9.17) is 4.42 Å². The van der Waals surface area contributed by atoms with E-state index in [1.807, 2.05) is 0 Å². The van der Waals surface area contributed by atoms with Crippen LogP contribution in [0.5, 0.6) is 0 Å². The lowest BCUT2D eigenvalue weighted by Gasteiger charge is -2.30. The number of anilines is 3. The van der Waals surface area contributed by atoms with Gasteiger partial charge >= 0.3 is 0 Å². The van der Waals surface area contributed by atoms with Gasteiger partial charge in [0.2, 0.25) is 0 Å². The molecular weight excluding hydrogens is 667 g/mol. The van der Waals surface area contributed by atoms with Crippen molar-refractivity contribution in [2.45, 2.75) is 19.3 Å². The minimum absolute atomic E-state index is 0.149. The van der Waals surface area contributed by atoms with Gasteiger partial charge in [0.1, 0.15) is 11.2 Å². The van der Waals surface area contributed by atoms with Gasteiger partial charge in [0.05, 0.1) is 5.69 Å². The van der Waals surface area contributed by atoms with Gasteiger partial charge in [0.15, 0.2) is 0 Å². The normalized spacial score (nSPS) is 13.1. The minimum atomic E-state index is -0.149. The molecule has 0 amide bonds. The van der Waals surface area contributed by atoms with Crippen LogP contribution in [-0.2, 0) is 5.41 Å². The first-order chi connectivity index (χ1) is 27.0. The van der Waals surface area contributed by atoms with E-state index in [-0.39, 0.29) is 5.41 Å². The van der Waals surface area contributed by atoms with Crippen molar-refractivity contribution < 1.29 is 4.42 Å². The molecule has 0 N–H and O–H groups in total. The molecule has 55 heavy (non-hydrogen) atoms. The lowest BCUT2D eigenvalue weighted by molar-refractivity contribution is 0.660. The van der Waals surface area contributed by atoms with Crippen LogP contribution < -0.4 is 4.90 Å². The second-order valence-electron chi connectivity index (χ2n) is 15.3. The smallest absolute Gasteiger partial charge is 0.136 e. The summed E-state index contributed by atoms with van der Waals surface area (Å²) in [5.41, 5.74) is 14.9. The fraction of sp³-hybridized carbons (Fsp3) is 0.0566. The number of benzene rings is 9. The van der Waals surface area contributed by atoms with Crippen molar-refractivity contribution in [3.05, 3.63) is 199 Å². The van der Waals surface area contributed by atoms with Gasteiger partial charge in [-0.1, -0.05) is 153 Å². The number of fused-ring (bicyclic) bond motifs is 8. The zero-order valence-corrected chi connectivity index (χ0v) is 30.8. The van der Waals surface area contributed by atoms with Crippen molar-refractivity contribution in [3.8, 4) is 33.4 Å². The first-order valence-corrected chi connectivity index (χ1v) is 19.1. The van der Waals surface area contributed by atoms with E-state index < -0.39 is 0 Å². The second kappa shape index (κ2) is 12.1. The molecular formula is C53H37NO. The summed E-state index contributed by atoms with van der Waals surface area (Å²) in [7, 11) is 0. The summed E-state index contributed by atoms with van der Waals surface area (Å²) in [6, 6.07) is 68.6. The molecule has 0 unspecified atom stereocenters. The molecule has 0 aliphatic heterocycles. The number of rotatable bonds is 5. The van der Waals surface area contributed by atoms with Crippen LogP contribution in [0.2, 0.25) is 0 Å². The van der Waals surface area contributed by atoms with Crippen LogP contribution in [0.25, 0.3) is 76.9 Å². The van der Waals surface area contributed by atoms with Crippen LogP contribution in [0.4, 0.5) is 17.1 Å². The van der Waals surface area contributed by atoms with E-state index >= 15 is 0 Å². The maximum Gasteiger partial charge on any atom is 0.136 e. The zero-order valence-electron chi connectivity index (χ0n) is 30.8. The Morgan fingerprint density at radius 3 is 2.02 bits per heavy atom.